The highest BCUT2D eigenvalue weighted by atomic mass is 79.9. The monoisotopic (exact) mass is 326 g/mol. The first-order chi connectivity index (χ1) is 8.97. The van der Waals surface area contributed by atoms with Crippen molar-refractivity contribution in [1.82, 2.24) is 4.90 Å². The third-order valence-electron chi connectivity index (χ3n) is 4.02. The van der Waals surface area contributed by atoms with Crippen LogP contribution in [0.2, 0.25) is 0 Å². The molecule has 2 atom stereocenters. The quantitative estimate of drug-likeness (QED) is 0.839. The molecule has 0 spiro atoms. The van der Waals surface area contributed by atoms with Crippen molar-refractivity contribution in [2.45, 2.75) is 51.3 Å². The van der Waals surface area contributed by atoms with E-state index < -0.39 is 0 Å². The van der Waals surface area contributed by atoms with E-state index in [1.54, 1.807) is 0 Å². The number of nitrogens with two attached hydrogens (primary N) is 1. The van der Waals surface area contributed by atoms with Crippen LogP contribution in [0.15, 0.2) is 16.6 Å². The molecule has 3 N–H and O–H groups in total. The Morgan fingerprint density at radius 3 is 2.84 bits per heavy atom. The van der Waals surface area contributed by atoms with Crippen molar-refractivity contribution < 1.29 is 5.11 Å². The number of aliphatic hydroxyl groups is 1. The number of hydrogen-bond acceptors (Lipinski definition) is 3. The van der Waals surface area contributed by atoms with Gasteiger partial charge >= 0.3 is 0 Å². The van der Waals surface area contributed by atoms with Gasteiger partial charge in [0.15, 0.2) is 0 Å². The van der Waals surface area contributed by atoms with Gasteiger partial charge in [0.05, 0.1) is 11.8 Å². The first-order valence-electron chi connectivity index (χ1n) is 6.90. The summed E-state index contributed by atoms with van der Waals surface area (Å²) in [4.78, 5) is 2.32. The lowest BCUT2D eigenvalue weighted by atomic mass is 9.92. The van der Waals surface area contributed by atoms with E-state index in [1.165, 1.54) is 12.0 Å². The minimum Gasteiger partial charge on any atom is -0.398 e. The largest absolute Gasteiger partial charge is 0.398 e. The zero-order valence-electron chi connectivity index (χ0n) is 11.7. The molecule has 3 nitrogen and oxygen atoms in total. The Bertz CT molecular complexity index is 450. The van der Waals surface area contributed by atoms with Gasteiger partial charge < -0.3 is 10.8 Å². The maximum Gasteiger partial charge on any atom is 0.0555 e. The van der Waals surface area contributed by atoms with Gasteiger partial charge in [0.1, 0.15) is 0 Å². The number of anilines is 1. The summed E-state index contributed by atoms with van der Waals surface area (Å²) in [5.74, 6) is 0. The summed E-state index contributed by atoms with van der Waals surface area (Å²) in [6.07, 6.45) is 3.97. The molecule has 0 radical (unpaired) electrons. The molecule has 0 aliphatic heterocycles. The third-order valence-corrected chi connectivity index (χ3v) is 4.68. The van der Waals surface area contributed by atoms with E-state index in [-0.39, 0.29) is 6.10 Å². The molecule has 1 fully saturated rings. The van der Waals surface area contributed by atoms with Crippen LogP contribution in [0.25, 0.3) is 0 Å². The summed E-state index contributed by atoms with van der Waals surface area (Å²) in [6.45, 7) is 2.92. The van der Waals surface area contributed by atoms with E-state index >= 15 is 0 Å². The Morgan fingerprint density at radius 1 is 1.42 bits per heavy atom. The Balaban J connectivity index is 2.08. The molecule has 1 aromatic carbocycles. The fourth-order valence-electron chi connectivity index (χ4n) is 2.89. The van der Waals surface area contributed by atoms with Crippen LogP contribution in [0.4, 0.5) is 5.69 Å². The molecule has 0 saturated heterocycles. The maximum absolute atomic E-state index is 9.78. The minimum absolute atomic E-state index is 0.136. The second kappa shape index (κ2) is 6.25. The van der Waals surface area contributed by atoms with Crippen LogP contribution in [0.5, 0.6) is 0 Å². The van der Waals surface area contributed by atoms with Gasteiger partial charge in [0.25, 0.3) is 0 Å². The number of aliphatic hydroxyl groups excluding tert-OH is 1. The van der Waals surface area contributed by atoms with Crippen molar-refractivity contribution >= 4 is 21.6 Å². The van der Waals surface area contributed by atoms with Gasteiger partial charge in [-0.05, 0) is 72.8 Å². The molecule has 1 aliphatic carbocycles. The Labute approximate surface area is 123 Å². The summed E-state index contributed by atoms with van der Waals surface area (Å²) >= 11 is 3.51. The van der Waals surface area contributed by atoms with Gasteiger partial charge in [-0.1, -0.05) is 6.07 Å². The maximum atomic E-state index is 9.78. The number of halogens is 1. The van der Waals surface area contributed by atoms with E-state index in [2.05, 4.69) is 40.9 Å². The average molecular weight is 327 g/mol. The normalized spacial score (nSPS) is 23.8. The number of aryl methyl sites for hydroxylation is 1. The van der Waals surface area contributed by atoms with E-state index in [4.69, 9.17) is 5.73 Å². The summed E-state index contributed by atoms with van der Waals surface area (Å²) in [5.41, 5.74) is 9.34. The molecular formula is C15H23BrN2O. The second-order valence-electron chi connectivity index (χ2n) is 5.71. The number of rotatable bonds is 3. The average Bonchev–Trinajstić information content (AvgIpc) is 2.35. The summed E-state index contributed by atoms with van der Waals surface area (Å²) in [6, 6.07) is 4.65. The van der Waals surface area contributed by atoms with E-state index in [9.17, 15) is 5.11 Å². The Morgan fingerprint density at radius 2 is 2.16 bits per heavy atom. The first kappa shape index (κ1) is 14.8. The highest BCUT2D eigenvalue weighted by Gasteiger charge is 2.23. The third kappa shape index (κ3) is 3.71. The van der Waals surface area contributed by atoms with Crippen LogP contribution in [-0.2, 0) is 6.54 Å². The van der Waals surface area contributed by atoms with Crippen molar-refractivity contribution in [1.29, 1.82) is 0 Å². The van der Waals surface area contributed by atoms with Crippen LogP contribution in [0.1, 0.15) is 36.8 Å². The SMILES string of the molecule is Cc1cc(Br)c(N)c(CN(C)[C@@H]2CCC[C@H](O)C2)c1. The molecule has 0 aromatic heterocycles. The standard InChI is InChI=1S/C15H23BrN2O/c1-10-6-11(15(17)14(16)7-10)9-18(2)12-4-3-5-13(19)8-12/h6-7,12-13,19H,3-5,8-9,17H2,1-2H3/t12-,13+/m1/s1. The second-order valence-corrected chi connectivity index (χ2v) is 6.56. The molecule has 106 valence electrons. The molecule has 0 heterocycles. The molecule has 1 aromatic rings. The number of nitrogens with zero attached hydrogens (tertiary/aromatic N) is 1. The molecule has 4 heteroatoms. The van der Waals surface area contributed by atoms with Crippen LogP contribution >= 0.6 is 15.9 Å². The fourth-order valence-corrected chi connectivity index (χ4v) is 3.51. The van der Waals surface area contributed by atoms with Crippen molar-refractivity contribution in [2.75, 3.05) is 12.8 Å². The van der Waals surface area contributed by atoms with Gasteiger partial charge in [-0.15, -0.1) is 0 Å². The predicted octanol–water partition coefficient (Wildman–Crippen LogP) is 3.08. The number of nitrogen functional groups attached to an aromatic ring is 1. The van der Waals surface area contributed by atoms with Gasteiger partial charge in [-0.25, -0.2) is 0 Å². The smallest absolute Gasteiger partial charge is 0.0555 e. The molecule has 1 saturated carbocycles. The lowest BCUT2D eigenvalue weighted by Crippen LogP contribution is -2.37. The predicted molar refractivity (Wildman–Crippen MR) is 83.0 cm³/mol. The van der Waals surface area contributed by atoms with Gasteiger partial charge in [-0.3, -0.25) is 4.90 Å². The molecular weight excluding hydrogens is 304 g/mol. The molecule has 19 heavy (non-hydrogen) atoms. The number of hydrogen-bond donors (Lipinski definition) is 2. The van der Waals surface area contributed by atoms with E-state index in [1.807, 2.05) is 6.07 Å². The molecule has 1 aliphatic rings. The molecule has 0 amide bonds. The van der Waals surface area contributed by atoms with Crippen LogP contribution in [-0.4, -0.2) is 29.2 Å². The minimum atomic E-state index is -0.136. The molecule has 0 bridgehead atoms. The summed E-state index contributed by atoms with van der Waals surface area (Å²) in [7, 11) is 2.12. The summed E-state index contributed by atoms with van der Waals surface area (Å²) in [5, 5.41) is 9.78. The zero-order valence-corrected chi connectivity index (χ0v) is 13.3. The van der Waals surface area contributed by atoms with Gasteiger partial charge in [0.2, 0.25) is 0 Å². The lowest BCUT2D eigenvalue weighted by Gasteiger charge is -2.33. The Hall–Kier alpha value is -0.580. The fraction of sp³-hybridized carbons (Fsp3) is 0.600. The zero-order chi connectivity index (χ0) is 14.0. The molecule has 0 unspecified atom stereocenters. The van der Waals surface area contributed by atoms with E-state index in [0.29, 0.717) is 6.04 Å². The van der Waals surface area contributed by atoms with Crippen LogP contribution in [0.3, 0.4) is 0 Å². The Kier molecular flexibility index (Phi) is 4.87. The van der Waals surface area contributed by atoms with Gasteiger partial charge in [0, 0.05) is 17.1 Å². The van der Waals surface area contributed by atoms with Crippen molar-refractivity contribution in [3.8, 4) is 0 Å². The van der Waals surface area contributed by atoms with Crippen molar-refractivity contribution in [3.05, 3.63) is 27.7 Å². The number of benzene rings is 1. The lowest BCUT2D eigenvalue weighted by molar-refractivity contribution is 0.0701. The summed E-state index contributed by atoms with van der Waals surface area (Å²) < 4.78 is 0.972. The van der Waals surface area contributed by atoms with Crippen LogP contribution < -0.4 is 5.73 Å². The topological polar surface area (TPSA) is 49.5 Å². The van der Waals surface area contributed by atoms with Crippen molar-refractivity contribution in [3.63, 3.8) is 0 Å². The highest BCUT2D eigenvalue weighted by Crippen LogP contribution is 2.28. The van der Waals surface area contributed by atoms with Crippen molar-refractivity contribution in [2.24, 2.45) is 0 Å². The highest BCUT2D eigenvalue weighted by molar-refractivity contribution is 9.10. The first-order valence-corrected chi connectivity index (χ1v) is 7.69. The van der Waals surface area contributed by atoms with Gasteiger partial charge in [-0.2, -0.15) is 0 Å². The molecule has 2 rings (SSSR count). The van der Waals surface area contributed by atoms with Crippen LogP contribution in [0, 0.1) is 6.92 Å². The van der Waals surface area contributed by atoms with E-state index in [0.717, 1.165) is 41.5 Å².